The number of methoxy groups -OCH3 is 1. The Morgan fingerprint density at radius 3 is 1.90 bits per heavy atom. The number of para-hydroxylation sites is 3. The highest BCUT2D eigenvalue weighted by Gasteiger charge is 2.21. The summed E-state index contributed by atoms with van der Waals surface area (Å²) in [5, 5.41) is 6.25. The van der Waals surface area contributed by atoms with Crippen LogP contribution in [0.2, 0.25) is 5.02 Å². The molecule has 1 heterocycles. The summed E-state index contributed by atoms with van der Waals surface area (Å²) >= 11 is 6.07. The summed E-state index contributed by atoms with van der Waals surface area (Å²) in [7, 11) is 1.58. The molecule has 0 spiro atoms. The number of hydrogen-bond donors (Lipinski definition) is 2. The predicted molar refractivity (Wildman–Crippen MR) is 115 cm³/mol. The third-order valence-electron chi connectivity index (χ3n) is 4.73. The topological polar surface area (TPSA) is 73.9 Å². The van der Waals surface area contributed by atoms with Crippen molar-refractivity contribution in [2.24, 2.45) is 0 Å². The molecule has 2 amide bonds. The quantitative estimate of drug-likeness (QED) is 0.725. The van der Waals surface area contributed by atoms with Crippen LogP contribution in [0, 0.1) is 0 Å². The molecule has 3 rings (SSSR count). The van der Waals surface area contributed by atoms with Gasteiger partial charge < -0.3 is 15.4 Å². The molecule has 0 aromatic heterocycles. The number of halogens is 1. The smallest absolute Gasteiger partial charge is 0.238 e. The van der Waals surface area contributed by atoms with E-state index in [0.717, 1.165) is 26.2 Å². The molecular formula is C21H25ClN4O3. The number of amides is 2. The Bertz CT molecular complexity index is 853. The minimum Gasteiger partial charge on any atom is -0.495 e. The van der Waals surface area contributed by atoms with E-state index in [2.05, 4.69) is 20.4 Å². The molecule has 1 saturated heterocycles. The summed E-state index contributed by atoms with van der Waals surface area (Å²) in [5.41, 5.74) is 1.28. The summed E-state index contributed by atoms with van der Waals surface area (Å²) in [6.45, 7) is 3.48. The highest BCUT2D eigenvalue weighted by Crippen LogP contribution is 2.23. The summed E-state index contributed by atoms with van der Waals surface area (Å²) in [6.07, 6.45) is 0. The Hall–Kier alpha value is -2.61. The highest BCUT2D eigenvalue weighted by atomic mass is 35.5. The average Bonchev–Trinajstić information content (AvgIpc) is 2.71. The van der Waals surface area contributed by atoms with Crippen LogP contribution in [-0.4, -0.2) is 68.0 Å². The number of nitrogens with one attached hydrogen (secondary N) is 2. The lowest BCUT2D eigenvalue weighted by Crippen LogP contribution is -2.50. The maximum atomic E-state index is 12.3. The molecule has 7 nitrogen and oxygen atoms in total. The molecule has 0 unspecified atom stereocenters. The van der Waals surface area contributed by atoms with Gasteiger partial charge in [0.25, 0.3) is 0 Å². The molecule has 0 aliphatic carbocycles. The van der Waals surface area contributed by atoms with Gasteiger partial charge in [0.05, 0.1) is 36.6 Å². The third-order valence-corrected chi connectivity index (χ3v) is 5.06. The third kappa shape index (κ3) is 6.19. The molecule has 0 atom stereocenters. The minimum atomic E-state index is -0.0968. The number of rotatable bonds is 7. The molecular weight excluding hydrogens is 392 g/mol. The first-order valence-electron chi connectivity index (χ1n) is 9.47. The van der Waals surface area contributed by atoms with Gasteiger partial charge in [-0.25, -0.2) is 0 Å². The molecule has 0 saturated carbocycles. The number of ether oxygens (including phenoxy) is 1. The molecule has 1 fully saturated rings. The van der Waals surface area contributed by atoms with E-state index in [9.17, 15) is 9.59 Å². The Balaban J connectivity index is 1.41. The highest BCUT2D eigenvalue weighted by molar-refractivity contribution is 6.33. The fourth-order valence-electron chi connectivity index (χ4n) is 3.20. The van der Waals surface area contributed by atoms with E-state index in [0.29, 0.717) is 35.2 Å². The van der Waals surface area contributed by atoms with Crippen molar-refractivity contribution in [3.8, 4) is 5.75 Å². The molecule has 0 radical (unpaired) electrons. The van der Waals surface area contributed by atoms with E-state index in [-0.39, 0.29) is 11.8 Å². The van der Waals surface area contributed by atoms with Crippen molar-refractivity contribution in [1.82, 2.24) is 9.80 Å². The molecule has 1 aliphatic rings. The number of piperazine rings is 1. The number of carbonyl (C=O) groups is 2. The number of anilines is 2. The lowest BCUT2D eigenvalue weighted by molar-refractivity contribution is -0.120. The summed E-state index contributed by atoms with van der Waals surface area (Å²) < 4.78 is 5.26. The number of nitrogens with zero attached hydrogens (tertiary/aromatic N) is 2. The zero-order valence-corrected chi connectivity index (χ0v) is 17.1. The first-order valence-corrected chi connectivity index (χ1v) is 9.85. The van der Waals surface area contributed by atoms with Crippen molar-refractivity contribution in [2.45, 2.75) is 0 Å². The van der Waals surface area contributed by atoms with Gasteiger partial charge >= 0.3 is 0 Å². The van der Waals surface area contributed by atoms with Gasteiger partial charge in [-0.2, -0.15) is 0 Å². The molecule has 8 heteroatoms. The second-order valence-corrected chi connectivity index (χ2v) is 7.24. The Morgan fingerprint density at radius 1 is 0.862 bits per heavy atom. The van der Waals surface area contributed by atoms with Crippen LogP contribution in [0.4, 0.5) is 11.4 Å². The van der Waals surface area contributed by atoms with Gasteiger partial charge in [-0.3, -0.25) is 19.4 Å². The van der Waals surface area contributed by atoms with Crippen LogP contribution in [-0.2, 0) is 9.59 Å². The lowest BCUT2D eigenvalue weighted by atomic mass is 10.2. The largest absolute Gasteiger partial charge is 0.495 e. The molecule has 2 aromatic carbocycles. The first kappa shape index (κ1) is 21.1. The van der Waals surface area contributed by atoms with Gasteiger partial charge in [-0.05, 0) is 24.3 Å². The van der Waals surface area contributed by atoms with Crippen molar-refractivity contribution in [1.29, 1.82) is 0 Å². The van der Waals surface area contributed by atoms with Gasteiger partial charge in [-0.1, -0.05) is 35.9 Å². The second kappa shape index (κ2) is 10.2. The molecule has 0 bridgehead atoms. The summed E-state index contributed by atoms with van der Waals surface area (Å²) in [5.74, 6) is 0.454. The normalized spacial score (nSPS) is 15.0. The molecule has 2 aromatic rings. The van der Waals surface area contributed by atoms with Crippen LogP contribution in [0.3, 0.4) is 0 Å². The Labute approximate surface area is 175 Å². The Morgan fingerprint density at radius 2 is 1.34 bits per heavy atom. The fourth-order valence-corrected chi connectivity index (χ4v) is 3.38. The fraction of sp³-hybridized carbons (Fsp3) is 0.333. The van der Waals surface area contributed by atoms with Crippen molar-refractivity contribution < 1.29 is 14.3 Å². The SMILES string of the molecule is COc1ccccc1NC(=O)CN1CCN(CC(=O)Nc2ccccc2Cl)CC1. The van der Waals surface area contributed by atoms with E-state index in [1.165, 1.54) is 0 Å². The number of carbonyl (C=O) groups excluding carboxylic acids is 2. The van der Waals surface area contributed by atoms with E-state index >= 15 is 0 Å². The van der Waals surface area contributed by atoms with E-state index in [4.69, 9.17) is 16.3 Å². The van der Waals surface area contributed by atoms with Crippen LogP contribution < -0.4 is 15.4 Å². The van der Waals surface area contributed by atoms with Crippen LogP contribution in [0.1, 0.15) is 0 Å². The van der Waals surface area contributed by atoms with Crippen LogP contribution in [0.15, 0.2) is 48.5 Å². The van der Waals surface area contributed by atoms with Gasteiger partial charge in [0.1, 0.15) is 5.75 Å². The van der Waals surface area contributed by atoms with E-state index in [1.54, 1.807) is 19.2 Å². The maximum Gasteiger partial charge on any atom is 0.238 e. The molecule has 154 valence electrons. The van der Waals surface area contributed by atoms with Gasteiger partial charge in [-0.15, -0.1) is 0 Å². The van der Waals surface area contributed by atoms with Crippen LogP contribution >= 0.6 is 11.6 Å². The average molecular weight is 417 g/mol. The maximum absolute atomic E-state index is 12.3. The zero-order valence-electron chi connectivity index (χ0n) is 16.4. The minimum absolute atomic E-state index is 0.0839. The van der Waals surface area contributed by atoms with Crippen LogP contribution in [0.5, 0.6) is 5.75 Å². The standard InChI is InChI=1S/C21H25ClN4O3/c1-29-19-9-5-4-8-18(19)24-21(28)15-26-12-10-25(11-13-26)14-20(27)23-17-7-3-2-6-16(17)22/h2-9H,10-15H2,1H3,(H,23,27)(H,24,28). The lowest BCUT2D eigenvalue weighted by Gasteiger charge is -2.33. The van der Waals surface area contributed by atoms with Crippen molar-refractivity contribution in [2.75, 3.05) is 57.0 Å². The first-order chi connectivity index (χ1) is 14.0. The number of hydrogen-bond acceptors (Lipinski definition) is 5. The van der Waals surface area contributed by atoms with Gasteiger partial charge in [0.2, 0.25) is 11.8 Å². The molecule has 1 aliphatic heterocycles. The summed E-state index contributed by atoms with van der Waals surface area (Å²) in [4.78, 5) is 28.7. The molecule has 2 N–H and O–H groups in total. The van der Waals surface area contributed by atoms with Crippen molar-refractivity contribution >= 4 is 34.8 Å². The van der Waals surface area contributed by atoms with Crippen molar-refractivity contribution in [3.63, 3.8) is 0 Å². The summed E-state index contributed by atoms with van der Waals surface area (Å²) in [6, 6.07) is 14.5. The predicted octanol–water partition coefficient (Wildman–Crippen LogP) is 2.54. The van der Waals surface area contributed by atoms with E-state index < -0.39 is 0 Å². The van der Waals surface area contributed by atoms with Crippen LogP contribution in [0.25, 0.3) is 0 Å². The van der Waals surface area contributed by atoms with Gasteiger partial charge in [0.15, 0.2) is 0 Å². The number of benzene rings is 2. The van der Waals surface area contributed by atoms with Crippen molar-refractivity contribution in [3.05, 3.63) is 53.6 Å². The van der Waals surface area contributed by atoms with Gasteiger partial charge in [0, 0.05) is 26.2 Å². The molecule has 29 heavy (non-hydrogen) atoms. The zero-order chi connectivity index (χ0) is 20.6. The second-order valence-electron chi connectivity index (χ2n) is 6.83. The Kier molecular flexibility index (Phi) is 7.46. The van der Waals surface area contributed by atoms with E-state index in [1.807, 2.05) is 36.4 Å². The monoisotopic (exact) mass is 416 g/mol.